The zero-order valence-corrected chi connectivity index (χ0v) is 23.2. The first-order chi connectivity index (χ1) is 12.2. The van der Waals surface area contributed by atoms with Crippen molar-refractivity contribution in [3.8, 4) is 0 Å². The molecular weight excluding hydrogens is 509 g/mol. The fraction of sp³-hybridized carbons (Fsp3) is 0.800. The second-order valence-electron chi connectivity index (χ2n) is 8.05. The normalized spacial score (nSPS) is 13.0. The Hall–Kier alpha value is 0.576. The van der Waals surface area contributed by atoms with Crippen LogP contribution in [0.4, 0.5) is 13.2 Å². The standard InChI is InChI=1S/C8H10F3Ge.3C4H10O.Zr/c1-12(2,8(9,10)11)7-5-3-4-6-7;3*1-4(2)3-5;/h3,5H,4H2,1-2H3;3*4-5H,3H2,1-2H3;/q-1;;;;. The van der Waals surface area contributed by atoms with E-state index in [0.29, 0.717) is 48.4 Å². The monoisotopic (exact) mass is 549 g/mol. The number of hydrogen-bond acceptors (Lipinski definition) is 3. The van der Waals surface area contributed by atoms with Gasteiger partial charge in [0.05, 0.1) is 0 Å². The van der Waals surface area contributed by atoms with E-state index in [2.05, 4.69) is 6.08 Å². The quantitative estimate of drug-likeness (QED) is 0.345. The van der Waals surface area contributed by atoms with Gasteiger partial charge in [-0.3, -0.25) is 0 Å². The van der Waals surface area contributed by atoms with Gasteiger partial charge in [-0.25, -0.2) is 0 Å². The van der Waals surface area contributed by atoms with Crippen LogP contribution in [0.3, 0.4) is 0 Å². The van der Waals surface area contributed by atoms with Gasteiger partial charge < -0.3 is 15.3 Å². The van der Waals surface area contributed by atoms with Crippen LogP contribution in [0.2, 0.25) is 11.5 Å². The molecule has 0 amide bonds. The van der Waals surface area contributed by atoms with E-state index in [0.717, 1.165) is 0 Å². The van der Waals surface area contributed by atoms with Gasteiger partial charge in [-0.1, -0.05) is 41.5 Å². The third-order valence-corrected chi connectivity index (χ3v) is 9.69. The second kappa shape index (κ2) is 19.5. The molecule has 0 atom stereocenters. The molecule has 3 nitrogen and oxygen atoms in total. The Morgan fingerprint density at radius 2 is 1.18 bits per heavy atom. The molecule has 0 fully saturated rings. The minimum atomic E-state index is -4.00. The molecule has 0 heterocycles. The number of rotatable bonds is 4. The molecule has 3 N–H and O–H groups in total. The van der Waals surface area contributed by atoms with Gasteiger partial charge in [0, 0.05) is 46.0 Å². The molecule has 0 saturated heterocycles. The van der Waals surface area contributed by atoms with Gasteiger partial charge in [0.1, 0.15) is 0 Å². The van der Waals surface area contributed by atoms with E-state index >= 15 is 0 Å². The molecule has 1 aliphatic carbocycles. The summed E-state index contributed by atoms with van der Waals surface area (Å²) < 4.78 is 37.9. The maximum absolute atomic E-state index is 12.5. The summed E-state index contributed by atoms with van der Waals surface area (Å²) in [5.74, 6) is 4.04. The van der Waals surface area contributed by atoms with Crippen LogP contribution in [-0.2, 0) is 26.2 Å². The smallest absolute Gasteiger partial charge is 0 e. The predicted octanol–water partition coefficient (Wildman–Crippen LogP) is 4.93. The van der Waals surface area contributed by atoms with E-state index < -0.39 is 18.3 Å². The Kier molecular flexibility index (Phi) is 25.1. The molecule has 0 aromatic heterocycles. The molecule has 8 heteroatoms. The van der Waals surface area contributed by atoms with Crippen molar-refractivity contribution in [2.45, 2.75) is 64.5 Å². The SMILES string of the molecule is CC(C)CO.CC(C)CO.CC(C)CO.[CH3][Ge]([CH3])([C]1=[C-]CC=C1)[C](F)(F)F.[Zr]. The van der Waals surface area contributed by atoms with Crippen LogP contribution in [0.1, 0.15) is 48.0 Å². The Balaban J connectivity index is -0.000000153. The molecule has 0 bridgehead atoms. The Labute approximate surface area is 192 Å². The van der Waals surface area contributed by atoms with Crippen LogP contribution in [0.15, 0.2) is 16.6 Å². The van der Waals surface area contributed by atoms with Crippen molar-refractivity contribution in [3.05, 3.63) is 22.6 Å². The van der Waals surface area contributed by atoms with Gasteiger partial charge in [0.2, 0.25) is 0 Å². The topological polar surface area (TPSA) is 60.7 Å². The fourth-order valence-corrected chi connectivity index (χ4v) is 3.89. The fourth-order valence-electron chi connectivity index (χ4n) is 0.987. The second-order valence-corrected chi connectivity index (χ2v) is 17.2. The first-order valence-corrected chi connectivity index (χ1v) is 15.6. The van der Waals surface area contributed by atoms with Gasteiger partial charge in [0.25, 0.3) is 0 Å². The third-order valence-electron chi connectivity index (χ3n) is 3.17. The average molecular weight is 549 g/mol. The van der Waals surface area contributed by atoms with Crippen LogP contribution in [0.25, 0.3) is 0 Å². The van der Waals surface area contributed by atoms with Crippen molar-refractivity contribution in [1.82, 2.24) is 0 Å². The van der Waals surface area contributed by atoms with E-state index in [1.807, 2.05) is 41.5 Å². The molecule has 28 heavy (non-hydrogen) atoms. The van der Waals surface area contributed by atoms with Crippen molar-refractivity contribution in [3.63, 3.8) is 0 Å². The number of halogens is 3. The summed E-state index contributed by atoms with van der Waals surface area (Å²) in [6, 6.07) is 0. The molecular formula is C20H40F3GeO3Zr-. The summed E-state index contributed by atoms with van der Waals surface area (Å²) in [5.41, 5.74) is 0. The molecule has 0 unspecified atom stereocenters. The zero-order valence-electron chi connectivity index (χ0n) is 18.7. The van der Waals surface area contributed by atoms with Crippen molar-refractivity contribution in [2.24, 2.45) is 17.8 Å². The van der Waals surface area contributed by atoms with Crippen LogP contribution in [0.5, 0.6) is 0 Å². The number of hydrogen-bond donors (Lipinski definition) is 3. The third kappa shape index (κ3) is 21.3. The first-order valence-electron chi connectivity index (χ1n) is 9.34. The number of allylic oxidation sites excluding steroid dienone is 4. The maximum atomic E-state index is 12.5. The van der Waals surface area contributed by atoms with Gasteiger partial charge >= 0.3 is 72.0 Å². The Bertz CT molecular complexity index is 389. The summed E-state index contributed by atoms with van der Waals surface area (Å²) in [4.78, 5) is 0. The van der Waals surface area contributed by atoms with Crippen molar-refractivity contribution >= 4 is 13.3 Å². The summed E-state index contributed by atoms with van der Waals surface area (Å²) in [7, 11) is 0. The molecule has 0 aliphatic heterocycles. The van der Waals surface area contributed by atoms with E-state index in [4.69, 9.17) is 15.3 Å². The first kappa shape index (κ1) is 36.0. The number of alkyl halides is 3. The van der Waals surface area contributed by atoms with Gasteiger partial charge in [-0.15, -0.1) is 0 Å². The molecule has 1 rings (SSSR count). The Morgan fingerprint density at radius 1 is 0.893 bits per heavy atom. The van der Waals surface area contributed by atoms with E-state index in [-0.39, 0.29) is 26.2 Å². The van der Waals surface area contributed by atoms with Crippen LogP contribution < -0.4 is 0 Å². The average Bonchev–Trinajstić information content (AvgIpc) is 3.10. The zero-order chi connectivity index (χ0) is 22.3. The summed E-state index contributed by atoms with van der Waals surface area (Å²) in [5, 5.41) is 20.4. The summed E-state index contributed by atoms with van der Waals surface area (Å²) >= 11 is -3.77. The molecule has 1 aliphatic rings. The minimum absolute atomic E-state index is 0. The predicted molar refractivity (Wildman–Crippen MR) is 110 cm³/mol. The van der Waals surface area contributed by atoms with E-state index in [9.17, 15) is 13.2 Å². The van der Waals surface area contributed by atoms with Crippen LogP contribution >= 0.6 is 0 Å². The van der Waals surface area contributed by atoms with Crippen molar-refractivity contribution < 1.29 is 54.7 Å². The molecule has 0 aromatic rings. The molecule has 0 saturated carbocycles. The van der Waals surface area contributed by atoms with Gasteiger partial charge in [-0.2, -0.15) is 0 Å². The minimum Gasteiger partial charge on any atom is 0 e. The van der Waals surface area contributed by atoms with Gasteiger partial charge in [-0.05, 0) is 17.8 Å². The molecule has 0 radical (unpaired) electrons. The van der Waals surface area contributed by atoms with Crippen molar-refractivity contribution in [1.29, 1.82) is 0 Å². The number of aliphatic hydroxyl groups excluding tert-OH is 3. The largest absolute Gasteiger partial charge is 0 e. The molecule has 0 spiro atoms. The molecule has 168 valence electrons. The van der Waals surface area contributed by atoms with Crippen LogP contribution in [0, 0.1) is 23.8 Å². The van der Waals surface area contributed by atoms with E-state index in [1.165, 1.54) is 11.5 Å². The maximum Gasteiger partial charge on any atom is 0 e. The Morgan fingerprint density at radius 3 is 1.32 bits per heavy atom. The summed E-state index contributed by atoms with van der Waals surface area (Å²) in [6.07, 6.45) is 6.62. The number of aliphatic hydroxyl groups is 3. The molecule has 0 aromatic carbocycles. The summed E-state index contributed by atoms with van der Waals surface area (Å²) in [6.45, 7) is 12.7. The van der Waals surface area contributed by atoms with Gasteiger partial charge in [0.15, 0.2) is 0 Å². The van der Waals surface area contributed by atoms with Crippen molar-refractivity contribution in [2.75, 3.05) is 19.8 Å². The van der Waals surface area contributed by atoms with E-state index in [1.54, 1.807) is 12.2 Å². The van der Waals surface area contributed by atoms with Crippen LogP contribution in [-0.4, -0.2) is 53.4 Å².